The van der Waals surface area contributed by atoms with Crippen LogP contribution in [0.5, 0.6) is 0 Å². The molecular weight excluding hydrogens is 913 g/mol. The summed E-state index contributed by atoms with van der Waals surface area (Å²) in [4.78, 5) is 38.0. The van der Waals surface area contributed by atoms with Crippen LogP contribution in [0.25, 0.3) is 0 Å². The van der Waals surface area contributed by atoms with Gasteiger partial charge < -0.3 is 14.2 Å². The lowest BCUT2D eigenvalue weighted by molar-refractivity contribution is -0.166. The zero-order valence-electron chi connectivity index (χ0n) is 48.3. The van der Waals surface area contributed by atoms with Crippen LogP contribution in [-0.2, 0) is 28.6 Å². The third-order valence-electron chi connectivity index (χ3n) is 13.0. The minimum atomic E-state index is -0.817. The highest BCUT2D eigenvalue weighted by atomic mass is 16.6. The molecule has 0 aromatic heterocycles. The Morgan fingerprint density at radius 2 is 0.554 bits per heavy atom. The molecule has 1 unspecified atom stereocenters. The number of carbonyl (C=O) groups excluding carboxylic acids is 3. The van der Waals surface area contributed by atoms with Crippen LogP contribution in [0.3, 0.4) is 0 Å². The highest BCUT2D eigenvalue weighted by molar-refractivity contribution is 5.71. The van der Waals surface area contributed by atoms with E-state index in [0.717, 1.165) is 109 Å². The first kappa shape index (κ1) is 70.1. The van der Waals surface area contributed by atoms with Crippen molar-refractivity contribution in [3.05, 3.63) is 109 Å². The van der Waals surface area contributed by atoms with Crippen molar-refractivity contribution in [3.63, 3.8) is 0 Å². The van der Waals surface area contributed by atoms with E-state index >= 15 is 0 Å². The molecule has 0 aliphatic carbocycles. The summed E-state index contributed by atoms with van der Waals surface area (Å²) in [6.07, 6.45) is 84.3. The molecule has 0 amide bonds. The number of carbonyl (C=O) groups is 3. The second kappa shape index (κ2) is 61.6. The van der Waals surface area contributed by atoms with Gasteiger partial charge in [0.05, 0.1) is 0 Å². The summed E-state index contributed by atoms with van der Waals surface area (Å²) in [7, 11) is 0. The third-order valence-corrected chi connectivity index (χ3v) is 13.0. The summed E-state index contributed by atoms with van der Waals surface area (Å²) in [5.74, 6) is -0.998. The molecule has 74 heavy (non-hydrogen) atoms. The molecule has 0 aromatic rings. The molecule has 0 radical (unpaired) electrons. The van der Waals surface area contributed by atoms with Gasteiger partial charge in [0.1, 0.15) is 13.2 Å². The summed E-state index contributed by atoms with van der Waals surface area (Å²) in [5, 5.41) is 0. The molecular formula is C68H114O6. The van der Waals surface area contributed by atoms with Crippen LogP contribution in [0.2, 0.25) is 0 Å². The van der Waals surface area contributed by atoms with E-state index in [2.05, 4.69) is 118 Å². The third kappa shape index (κ3) is 59.0. The van der Waals surface area contributed by atoms with Crippen LogP contribution in [0.15, 0.2) is 109 Å². The molecule has 0 saturated carbocycles. The fraction of sp³-hybridized carbons (Fsp3) is 0.691. The molecule has 1 atom stereocenters. The first-order valence-electron chi connectivity index (χ1n) is 30.9. The zero-order chi connectivity index (χ0) is 53.6. The fourth-order valence-corrected chi connectivity index (χ4v) is 8.45. The Hall–Kier alpha value is -3.93. The van der Waals surface area contributed by atoms with E-state index < -0.39 is 12.1 Å². The van der Waals surface area contributed by atoms with Crippen molar-refractivity contribution >= 4 is 17.9 Å². The first-order chi connectivity index (χ1) is 36.5. The van der Waals surface area contributed by atoms with Gasteiger partial charge >= 0.3 is 17.9 Å². The van der Waals surface area contributed by atoms with Gasteiger partial charge in [0.15, 0.2) is 6.10 Å². The van der Waals surface area contributed by atoms with Gasteiger partial charge in [-0.2, -0.15) is 0 Å². The Morgan fingerprint density at radius 3 is 0.892 bits per heavy atom. The van der Waals surface area contributed by atoms with Crippen LogP contribution in [-0.4, -0.2) is 37.2 Å². The number of rotatable bonds is 55. The Labute approximate surface area is 457 Å². The van der Waals surface area contributed by atoms with Crippen molar-refractivity contribution < 1.29 is 28.6 Å². The van der Waals surface area contributed by atoms with Crippen LogP contribution in [0.1, 0.15) is 284 Å². The van der Waals surface area contributed by atoms with Crippen LogP contribution < -0.4 is 0 Å². The molecule has 0 spiro atoms. The molecule has 0 heterocycles. The van der Waals surface area contributed by atoms with E-state index in [0.29, 0.717) is 19.3 Å². The second-order valence-corrected chi connectivity index (χ2v) is 20.2. The Balaban J connectivity index is 4.09. The summed E-state index contributed by atoms with van der Waals surface area (Å²) >= 11 is 0. The minimum Gasteiger partial charge on any atom is -0.462 e. The minimum absolute atomic E-state index is 0.107. The van der Waals surface area contributed by atoms with Crippen LogP contribution in [0.4, 0.5) is 0 Å². The van der Waals surface area contributed by atoms with Crippen molar-refractivity contribution in [1.29, 1.82) is 0 Å². The van der Waals surface area contributed by atoms with E-state index in [9.17, 15) is 14.4 Å². The molecule has 0 aromatic carbocycles. The Morgan fingerprint density at radius 1 is 0.284 bits per heavy atom. The SMILES string of the molecule is CC/C=C\C/C=C\C/C=C\C/C=C\CCCCCCCCCCCCCCCCCCCCCCC(=O)OCC(COC(=O)CCCCCCC/C=C\CCC)OC(=O)CC/C=C\C/C=C\C/C=C\C/C=C\CC. The van der Waals surface area contributed by atoms with Gasteiger partial charge in [0.2, 0.25) is 0 Å². The van der Waals surface area contributed by atoms with Gasteiger partial charge in [-0.3, -0.25) is 14.4 Å². The molecule has 422 valence electrons. The standard InChI is InChI=1S/C68H114O6/c1-4-7-10-13-16-19-22-24-25-26-27-28-29-30-31-32-33-34-35-36-37-38-39-40-41-42-43-45-46-49-52-55-58-61-67(70)73-64-65(63-72-66(69)60-57-54-51-48-21-18-15-12-9-6-3)74-68(71)62-59-56-53-50-47-44-23-20-17-14-11-8-5-2/h7-8,10-12,15-17,19-20,24-25,27-28,44,47,53,56,65H,4-6,9,13-14,18,21-23,26,29-43,45-46,48-52,54-55,57-64H2,1-3H3/b10-7-,11-8-,15-12-,19-16-,20-17-,25-24-,28-27-,47-44-,56-53-. The van der Waals surface area contributed by atoms with Gasteiger partial charge in [-0.25, -0.2) is 0 Å². The maximum Gasteiger partial charge on any atom is 0.306 e. The van der Waals surface area contributed by atoms with E-state index in [1.54, 1.807) is 0 Å². The van der Waals surface area contributed by atoms with Gasteiger partial charge in [0, 0.05) is 19.3 Å². The lowest BCUT2D eigenvalue weighted by atomic mass is 10.0. The average Bonchev–Trinajstić information content (AvgIpc) is 3.40. The highest BCUT2D eigenvalue weighted by Gasteiger charge is 2.19. The number of hydrogen-bond donors (Lipinski definition) is 0. The van der Waals surface area contributed by atoms with E-state index in [1.807, 2.05) is 12.2 Å². The first-order valence-corrected chi connectivity index (χ1v) is 30.9. The topological polar surface area (TPSA) is 78.9 Å². The number of esters is 3. The largest absolute Gasteiger partial charge is 0.462 e. The zero-order valence-corrected chi connectivity index (χ0v) is 48.3. The molecule has 0 fully saturated rings. The summed E-state index contributed by atoms with van der Waals surface area (Å²) in [6, 6.07) is 0. The summed E-state index contributed by atoms with van der Waals surface area (Å²) < 4.78 is 16.7. The second-order valence-electron chi connectivity index (χ2n) is 20.2. The van der Waals surface area contributed by atoms with Gasteiger partial charge in [0.25, 0.3) is 0 Å². The monoisotopic (exact) mass is 1030 g/mol. The van der Waals surface area contributed by atoms with Crippen molar-refractivity contribution in [2.75, 3.05) is 13.2 Å². The number of hydrogen-bond acceptors (Lipinski definition) is 6. The maximum atomic E-state index is 12.8. The van der Waals surface area contributed by atoms with Gasteiger partial charge in [-0.05, 0) is 103 Å². The van der Waals surface area contributed by atoms with Gasteiger partial charge in [-0.1, -0.05) is 271 Å². The average molecular weight is 1030 g/mol. The predicted molar refractivity (Wildman–Crippen MR) is 320 cm³/mol. The van der Waals surface area contributed by atoms with Crippen LogP contribution >= 0.6 is 0 Å². The smallest absolute Gasteiger partial charge is 0.306 e. The lowest BCUT2D eigenvalue weighted by Gasteiger charge is -2.18. The lowest BCUT2D eigenvalue weighted by Crippen LogP contribution is -2.30. The molecule has 0 aliphatic rings. The molecule has 6 nitrogen and oxygen atoms in total. The van der Waals surface area contributed by atoms with Gasteiger partial charge in [-0.15, -0.1) is 0 Å². The molecule has 0 N–H and O–H groups in total. The predicted octanol–water partition coefficient (Wildman–Crippen LogP) is 21.0. The van der Waals surface area contributed by atoms with Crippen LogP contribution in [0, 0.1) is 0 Å². The van der Waals surface area contributed by atoms with Crippen molar-refractivity contribution in [3.8, 4) is 0 Å². The van der Waals surface area contributed by atoms with Crippen molar-refractivity contribution in [2.24, 2.45) is 0 Å². The van der Waals surface area contributed by atoms with Crippen molar-refractivity contribution in [2.45, 2.75) is 290 Å². The molecule has 6 heteroatoms. The molecule has 0 aliphatic heterocycles. The summed E-state index contributed by atoms with van der Waals surface area (Å²) in [6.45, 7) is 6.29. The Kier molecular flexibility index (Phi) is 58.3. The number of allylic oxidation sites excluding steroid dienone is 18. The molecule has 0 rings (SSSR count). The van der Waals surface area contributed by atoms with Crippen molar-refractivity contribution in [1.82, 2.24) is 0 Å². The Bertz CT molecular complexity index is 1510. The molecule has 0 bridgehead atoms. The van der Waals surface area contributed by atoms with E-state index in [1.165, 1.54) is 128 Å². The van der Waals surface area contributed by atoms with E-state index in [4.69, 9.17) is 14.2 Å². The normalized spacial score (nSPS) is 12.9. The summed E-state index contributed by atoms with van der Waals surface area (Å²) in [5.41, 5.74) is 0. The quantitative estimate of drug-likeness (QED) is 0.0261. The highest BCUT2D eigenvalue weighted by Crippen LogP contribution is 2.16. The maximum absolute atomic E-state index is 12.8. The number of unbranched alkanes of at least 4 members (excludes halogenated alkanes) is 26. The molecule has 0 saturated heterocycles. The van der Waals surface area contributed by atoms with E-state index in [-0.39, 0.29) is 31.6 Å². The number of ether oxygens (including phenoxy) is 3. The fourth-order valence-electron chi connectivity index (χ4n) is 8.45.